The van der Waals surface area contributed by atoms with Crippen LogP contribution in [0.25, 0.3) is 0 Å². The van der Waals surface area contributed by atoms with Crippen molar-refractivity contribution >= 4 is 5.84 Å². The second-order valence-corrected chi connectivity index (χ2v) is 9.43. The standard InChI is InChI=1S/C24H31F3N6/c1-30-11-13-31(14-12-30)22-9-3-8-21-29-19(16-33(21)22)15-32(17-24(25,26)27)20-7-2-5-18-6-4-10-28-23(18)20/h3-4,6,8-10,19-20H,2,5,7,11-17H2,1H3. The highest BCUT2D eigenvalue weighted by molar-refractivity contribution is 5.96. The van der Waals surface area contributed by atoms with E-state index >= 15 is 0 Å². The molecule has 6 nitrogen and oxygen atoms in total. The predicted molar refractivity (Wildman–Crippen MR) is 122 cm³/mol. The number of nitrogens with zero attached hydrogens (tertiary/aromatic N) is 6. The van der Waals surface area contributed by atoms with Crippen molar-refractivity contribution < 1.29 is 13.2 Å². The van der Waals surface area contributed by atoms with Crippen LogP contribution in [0.1, 0.15) is 30.1 Å². The van der Waals surface area contributed by atoms with E-state index in [-0.39, 0.29) is 18.6 Å². The molecule has 0 aromatic carbocycles. The summed E-state index contributed by atoms with van der Waals surface area (Å²) in [5.74, 6) is 1.96. The Balaban J connectivity index is 1.33. The van der Waals surface area contributed by atoms with E-state index in [2.05, 4.69) is 32.8 Å². The first kappa shape index (κ1) is 22.4. The molecule has 0 N–H and O–H groups in total. The number of aryl methyl sites for hydroxylation is 1. The molecular weight excluding hydrogens is 429 g/mol. The summed E-state index contributed by atoms with van der Waals surface area (Å²) in [7, 11) is 2.12. The van der Waals surface area contributed by atoms with Crippen molar-refractivity contribution in [2.24, 2.45) is 4.99 Å². The number of likely N-dealkylation sites (N-methyl/N-ethyl adjacent to an activating group) is 1. The van der Waals surface area contributed by atoms with Crippen LogP contribution >= 0.6 is 0 Å². The minimum Gasteiger partial charge on any atom is -0.355 e. The quantitative estimate of drug-likeness (QED) is 0.675. The maximum Gasteiger partial charge on any atom is 0.401 e. The molecule has 1 aliphatic carbocycles. The molecule has 1 fully saturated rings. The minimum absolute atomic E-state index is 0.213. The smallest absolute Gasteiger partial charge is 0.355 e. The number of hydrogen-bond donors (Lipinski definition) is 0. The van der Waals surface area contributed by atoms with Gasteiger partial charge in [-0.2, -0.15) is 13.2 Å². The van der Waals surface area contributed by atoms with E-state index in [0.717, 1.165) is 61.9 Å². The molecule has 0 amide bonds. The Kier molecular flexibility index (Phi) is 6.18. The monoisotopic (exact) mass is 460 g/mol. The van der Waals surface area contributed by atoms with Gasteiger partial charge in [0.1, 0.15) is 11.7 Å². The molecule has 0 saturated carbocycles. The van der Waals surface area contributed by atoms with Crippen molar-refractivity contribution in [3.05, 3.63) is 53.6 Å². The lowest BCUT2D eigenvalue weighted by Gasteiger charge is -2.40. The third kappa shape index (κ3) is 4.94. The van der Waals surface area contributed by atoms with E-state index in [1.807, 2.05) is 24.3 Å². The Morgan fingerprint density at radius 2 is 2.00 bits per heavy atom. The van der Waals surface area contributed by atoms with Crippen LogP contribution in [0, 0.1) is 0 Å². The molecule has 2 unspecified atom stereocenters. The number of halogens is 3. The fourth-order valence-electron chi connectivity index (χ4n) is 5.41. The Labute approximate surface area is 193 Å². The van der Waals surface area contributed by atoms with Crippen LogP contribution in [0.2, 0.25) is 0 Å². The minimum atomic E-state index is -4.27. The summed E-state index contributed by atoms with van der Waals surface area (Å²) in [6.07, 6.45) is 5.93. The Morgan fingerprint density at radius 1 is 1.18 bits per heavy atom. The van der Waals surface area contributed by atoms with E-state index in [9.17, 15) is 13.2 Å². The predicted octanol–water partition coefficient (Wildman–Crippen LogP) is 3.06. The van der Waals surface area contributed by atoms with Crippen LogP contribution in [-0.2, 0) is 6.42 Å². The van der Waals surface area contributed by atoms with E-state index < -0.39 is 12.7 Å². The molecule has 0 radical (unpaired) electrons. The third-order valence-corrected chi connectivity index (χ3v) is 7.01. The van der Waals surface area contributed by atoms with Crippen molar-refractivity contribution in [3.8, 4) is 0 Å². The molecule has 3 aliphatic heterocycles. The van der Waals surface area contributed by atoms with Crippen LogP contribution < -0.4 is 0 Å². The van der Waals surface area contributed by atoms with Crippen LogP contribution in [0.3, 0.4) is 0 Å². The molecule has 0 spiro atoms. The molecule has 178 valence electrons. The molecule has 1 saturated heterocycles. The van der Waals surface area contributed by atoms with Gasteiger partial charge in [0.05, 0.1) is 24.3 Å². The number of alkyl halides is 3. The van der Waals surface area contributed by atoms with Gasteiger partial charge >= 0.3 is 6.18 Å². The van der Waals surface area contributed by atoms with Gasteiger partial charge in [-0.1, -0.05) is 12.1 Å². The summed E-state index contributed by atoms with van der Waals surface area (Å²) < 4.78 is 40.8. The van der Waals surface area contributed by atoms with Gasteiger partial charge in [0.15, 0.2) is 0 Å². The van der Waals surface area contributed by atoms with Crippen LogP contribution in [-0.4, -0.2) is 95.5 Å². The van der Waals surface area contributed by atoms with Crippen LogP contribution in [0.5, 0.6) is 0 Å². The summed E-state index contributed by atoms with van der Waals surface area (Å²) in [5.41, 5.74) is 1.87. The number of aromatic nitrogens is 1. The number of aliphatic imine (C=N–C) groups is 1. The van der Waals surface area contributed by atoms with Crippen molar-refractivity contribution in [1.29, 1.82) is 0 Å². The zero-order chi connectivity index (χ0) is 23.0. The second-order valence-electron chi connectivity index (χ2n) is 9.43. The summed E-state index contributed by atoms with van der Waals surface area (Å²) in [6.45, 7) is 3.81. The number of amidine groups is 1. The molecule has 1 aromatic rings. The SMILES string of the molecule is CN1CCN(C2=CC=CC3=NC(CN(CC(F)(F)F)C4CCCc5cccnc54)CN23)CC1. The lowest BCUT2D eigenvalue weighted by atomic mass is 9.90. The highest BCUT2D eigenvalue weighted by Crippen LogP contribution is 2.35. The lowest BCUT2D eigenvalue weighted by Crippen LogP contribution is -2.49. The van der Waals surface area contributed by atoms with Gasteiger partial charge in [-0.25, -0.2) is 0 Å². The molecule has 4 aliphatic rings. The van der Waals surface area contributed by atoms with Gasteiger partial charge in [-0.3, -0.25) is 14.9 Å². The van der Waals surface area contributed by atoms with Gasteiger partial charge < -0.3 is 14.7 Å². The summed E-state index contributed by atoms with van der Waals surface area (Å²) in [4.78, 5) is 17.7. The summed E-state index contributed by atoms with van der Waals surface area (Å²) in [6, 6.07) is 3.33. The average Bonchev–Trinajstić information content (AvgIpc) is 3.20. The zero-order valence-electron chi connectivity index (χ0n) is 19.0. The molecule has 33 heavy (non-hydrogen) atoms. The molecule has 2 atom stereocenters. The second kappa shape index (κ2) is 9.10. The van der Waals surface area contributed by atoms with Gasteiger partial charge in [-0.15, -0.1) is 0 Å². The molecule has 0 bridgehead atoms. The largest absolute Gasteiger partial charge is 0.401 e. The fraction of sp³-hybridized carbons (Fsp3) is 0.583. The number of pyridine rings is 1. The zero-order valence-corrected chi connectivity index (χ0v) is 19.0. The van der Waals surface area contributed by atoms with E-state index in [0.29, 0.717) is 13.0 Å². The normalized spacial score (nSPS) is 25.7. The van der Waals surface area contributed by atoms with Gasteiger partial charge in [-0.05, 0) is 50.1 Å². The first-order chi connectivity index (χ1) is 15.9. The third-order valence-electron chi connectivity index (χ3n) is 7.01. The maximum absolute atomic E-state index is 13.6. The number of piperazine rings is 1. The topological polar surface area (TPSA) is 38.2 Å². The maximum atomic E-state index is 13.6. The van der Waals surface area contributed by atoms with Crippen LogP contribution in [0.15, 0.2) is 47.4 Å². The molecular formula is C24H31F3N6. The van der Waals surface area contributed by atoms with Gasteiger partial charge in [0.25, 0.3) is 0 Å². The first-order valence-electron chi connectivity index (χ1n) is 11.8. The van der Waals surface area contributed by atoms with E-state index in [1.165, 1.54) is 0 Å². The fourth-order valence-corrected chi connectivity index (χ4v) is 5.41. The molecule has 9 heteroatoms. The first-order valence-corrected chi connectivity index (χ1v) is 11.8. The molecule has 1 aromatic heterocycles. The van der Waals surface area contributed by atoms with Crippen molar-refractivity contribution in [2.45, 2.75) is 37.5 Å². The van der Waals surface area contributed by atoms with E-state index in [4.69, 9.17) is 4.99 Å². The van der Waals surface area contributed by atoms with Gasteiger partial charge in [0.2, 0.25) is 0 Å². The lowest BCUT2D eigenvalue weighted by molar-refractivity contribution is -0.152. The number of allylic oxidation sites excluding steroid dienone is 2. The molecule has 4 heterocycles. The van der Waals surface area contributed by atoms with Gasteiger partial charge in [0, 0.05) is 45.5 Å². The Bertz CT molecular complexity index is 948. The number of rotatable bonds is 5. The highest BCUT2D eigenvalue weighted by atomic mass is 19.4. The van der Waals surface area contributed by atoms with Crippen molar-refractivity contribution in [3.63, 3.8) is 0 Å². The highest BCUT2D eigenvalue weighted by Gasteiger charge is 2.39. The van der Waals surface area contributed by atoms with Crippen molar-refractivity contribution in [2.75, 3.05) is 52.9 Å². The Morgan fingerprint density at radius 3 is 2.79 bits per heavy atom. The number of hydrogen-bond acceptors (Lipinski definition) is 6. The van der Waals surface area contributed by atoms with Crippen molar-refractivity contribution in [1.82, 2.24) is 24.6 Å². The molecule has 5 rings (SSSR count). The van der Waals surface area contributed by atoms with E-state index in [1.54, 1.807) is 11.1 Å². The Hall–Kier alpha value is -2.39. The average molecular weight is 461 g/mol. The van der Waals surface area contributed by atoms with Crippen LogP contribution in [0.4, 0.5) is 13.2 Å². The number of fused-ring (bicyclic) bond motifs is 2. The summed E-state index contributed by atoms with van der Waals surface area (Å²) in [5, 5.41) is 0. The summed E-state index contributed by atoms with van der Waals surface area (Å²) >= 11 is 0.